The molecule has 1 aliphatic heterocycles. The van der Waals surface area contributed by atoms with Gasteiger partial charge in [0.1, 0.15) is 0 Å². The molecular weight excluding hydrogens is 316 g/mol. The van der Waals surface area contributed by atoms with Gasteiger partial charge in [0.25, 0.3) is 5.91 Å². The number of carbonyl (C=O) groups excluding carboxylic acids is 1. The predicted molar refractivity (Wildman–Crippen MR) is 88.6 cm³/mol. The van der Waals surface area contributed by atoms with Crippen molar-refractivity contribution >= 4 is 15.9 Å². The Balaban J connectivity index is 1.72. The van der Waals surface area contributed by atoms with Gasteiger partial charge in [0.05, 0.1) is 5.25 Å². The number of amides is 1. The highest BCUT2D eigenvalue weighted by Gasteiger charge is 2.28. The Bertz CT molecular complexity index is 611. The second-order valence-electron chi connectivity index (χ2n) is 5.83. The van der Waals surface area contributed by atoms with Crippen molar-refractivity contribution in [2.45, 2.75) is 19.1 Å². The first-order chi connectivity index (χ1) is 10.9. The summed E-state index contributed by atoms with van der Waals surface area (Å²) in [4.78, 5) is 17.9. The predicted octanol–water partition coefficient (Wildman–Crippen LogP) is 0.167. The normalized spacial score (nSPS) is 17.3. The molecule has 1 amide bonds. The zero-order chi connectivity index (χ0) is 16.9. The zero-order valence-corrected chi connectivity index (χ0v) is 14.4. The standard InChI is InChI=1S/C15H24N4O3S/c1-13(2)23(21,22)19-11-9-18(10-12-19)8-7-17-15(20)14-3-5-16-6-4-14/h3-6,13H,7-12H2,1-2H3,(H,17,20). The molecule has 7 nitrogen and oxygen atoms in total. The van der Waals surface area contributed by atoms with Crippen molar-refractivity contribution in [3.05, 3.63) is 30.1 Å². The van der Waals surface area contributed by atoms with Gasteiger partial charge in [-0.3, -0.25) is 14.7 Å². The SMILES string of the molecule is CC(C)S(=O)(=O)N1CCN(CCNC(=O)c2ccncc2)CC1. The van der Waals surface area contributed by atoms with E-state index in [0.29, 0.717) is 44.8 Å². The van der Waals surface area contributed by atoms with E-state index in [4.69, 9.17) is 0 Å². The van der Waals surface area contributed by atoms with Gasteiger partial charge < -0.3 is 5.32 Å². The van der Waals surface area contributed by atoms with Crippen LogP contribution in [0.4, 0.5) is 0 Å². The summed E-state index contributed by atoms with van der Waals surface area (Å²) in [5.74, 6) is -0.117. The Morgan fingerprint density at radius 2 is 1.83 bits per heavy atom. The van der Waals surface area contributed by atoms with Crippen LogP contribution in [0.15, 0.2) is 24.5 Å². The van der Waals surface area contributed by atoms with Gasteiger partial charge in [-0.25, -0.2) is 8.42 Å². The smallest absolute Gasteiger partial charge is 0.251 e. The maximum atomic E-state index is 12.1. The molecule has 0 aromatic carbocycles. The molecule has 0 atom stereocenters. The van der Waals surface area contributed by atoms with Gasteiger partial charge in [0, 0.05) is 57.2 Å². The van der Waals surface area contributed by atoms with E-state index in [1.165, 1.54) is 0 Å². The van der Waals surface area contributed by atoms with Crippen LogP contribution in [0.3, 0.4) is 0 Å². The third kappa shape index (κ3) is 4.73. The van der Waals surface area contributed by atoms with Crippen LogP contribution in [-0.2, 0) is 10.0 Å². The van der Waals surface area contributed by atoms with E-state index in [1.807, 2.05) is 0 Å². The molecule has 0 unspecified atom stereocenters. The molecule has 0 aliphatic carbocycles. The summed E-state index contributed by atoms with van der Waals surface area (Å²) >= 11 is 0. The van der Waals surface area contributed by atoms with E-state index in [2.05, 4.69) is 15.2 Å². The van der Waals surface area contributed by atoms with Gasteiger partial charge in [-0.15, -0.1) is 0 Å². The molecular formula is C15H24N4O3S. The van der Waals surface area contributed by atoms with Crippen LogP contribution in [0, 0.1) is 0 Å². The number of sulfonamides is 1. The molecule has 8 heteroatoms. The van der Waals surface area contributed by atoms with Crippen LogP contribution >= 0.6 is 0 Å². The monoisotopic (exact) mass is 340 g/mol. The zero-order valence-electron chi connectivity index (χ0n) is 13.6. The Morgan fingerprint density at radius 1 is 1.22 bits per heavy atom. The number of hydrogen-bond donors (Lipinski definition) is 1. The quantitative estimate of drug-likeness (QED) is 0.798. The summed E-state index contributed by atoms with van der Waals surface area (Å²) in [6.07, 6.45) is 3.17. The van der Waals surface area contributed by atoms with Crippen LogP contribution in [0.2, 0.25) is 0 Å². The number of rotatable bonds is 6. The Morgan fingerprint density at radius 3 is 2.39 bits per heavy atom. The number of hydrogen-bond acceptors (Lipinski definition) is 5. The summed E-state index contributed by atoms with van der Waals surface area (Å²) in [6.45, 7) is 7.07. The number of pyridine rings is 1. The lowest BCUT2D eigenvalue weighted by molar-refractivity contribution is 0.0945. The molecule has 1 aliphatic rings. The molecule has 1 saturated heterocycles. The molecule has 0 spiro atoms. The first-order valence-corrected chi connectivity index (χ1v) is 9.31. The second kappa shape index (κ2) is 7.85. The fourth-order valence-electron chi connectivity index (χ4n) is 2.44. The number of nitrogens with zero attached hydrogens (tertiary/aromatic N) is 3. The lowest BCUT2D eigenvalue weighted by Gasteiger charge is -2.34. The van der Waals surface area contributed by atoms with E-state index in [-0.39, 0.29) is 11.2 Å². The molecule has 23 heavy (non-hydrogen) atoms. The molecule has 2 rings (SSSR count). The van der Waals surface area contributed by atoms with Crippen molar-refractivity contribution < 1.29 is 13.2 Å². The molecule has 0 saturated carbocycles. The summed E-state index contributed by atoms with van der Waals surface area (Å²) in [7, 11) is -3.16. The van der Waals surface area contributed by atoms with Gasteiger partial charge >= 0.3 is 0 Å². The van der Waals surface area contributed by atoms with Gasteiger partial charge in [0.2, 0.25) is 10.0 Å². The average Bonchev–Trinajstić information content (AvgIpc) is 2.56. The van der Waals surface area contributed by atoms with Crippen molar-refractivity contribution in [3.8, 4) is 0 Å². The molecule has 0 radical (unpaired) electrons. The number of nitrogens with one attached hydrogen (secondary N) is 1. The third-order valence-electron chi connectivity index (χ3n) is 3.94. The van der Waals surface area contributed by atoms with Crippen LogP contribution in [0.1, 0.15) is 24.2 Å². The number of piperazine rings is 1. The van der Waals surface area contributed by atoms with Crippen molar-refractivity contribution in [3.63, 3.8) is 0 Å². The highest BCUT2D eigenvalue weighted by Crippen LogP contribution is 2.11. The maximum absolute atomic E-state index is 12.1. The Kier molecular flexibility index (Phi) is 6.09. The van der Waals surface area contributed by atoms with E-state index in [9.17, 15) is 13.2 Å². The maximum Gasteiger partial charge on any atom is 0.251 e. The van der Waals surface area contributed by atoms with E-state index in [1.54, 1.807) is 42.7 Å². The van der Waals surface area contributed by atoms with E-state index in [0.717, 1.165) is 0 Å². The van der Waals surface area contributed by atoms with Gasteiger partial charge in [-0.2, -0.15) is 4.31 Å². The largest absolute Gasteiger partial charge is 0.351 e. The lowest BCUT2D eigenvalue weighted by Crippen LogP contribution is -2.51. The Labute approximate surface area is 137 Å². The summed E-state index contributed by atoms with van der Waals surface area (Å²) in [5, 5.41) is 2.48. The first-order valence-electron chi connectivity index (χ1n) is 7.81. The molecule has 0 bridgehead atoms. The van der Waals surface area contributed by atoms with Crippen molar-refractivity contribution in [2.24, 2.45) is 0 Å². The van der Waals surface area contributed by atoms with Gasteiger partial charge in [0.15, 0.2) is 0 Å². The highest BCUT2D eigenvalue weighted by atomic mass is 32.2. The molecule has 1 aromatic rings. The molecule has 128 valence electrons. The molecule has 1 fully saturated rings. The molecule has 1 N–H and O–H groups in total. The topological polar surface area (TPSA) is 82.6 Å². The van der Waals surface area contributed by atoms with Gasteiger partial charge in [-0.1, -0.05) is 0 Å². The van der Waals surface area contributed by atoms with Crippen LogP contribution in [0.5, 0.6) is 0 Å². The summed E-state index contributed by atoms with van der Waals surface area (Å²) in [6, 6.07) is 3.34. The number of aromatic nitrogens is 1. The molecule has 2 heterocycles. The van der Waals surface area contributed by atoms with Crippen LogP contribution < -0.4 is 5.32 Å². The van der Waals surface area contributed by atoms with Crippen molar-refractivity contribution in [2.75, 3.05) is 39.3 Å². The Hall–Kier alpha value is -1.51. The molecule has 1 aromatic heterocycles. The minimum atomic E-state index is -3.16. The fraction of sp³-hybridized carbons (Fsp3) is 0.600. The fourth-order valence-corrected chi connectivity index (χ4v) is 3.71. The summed E-state index contributed by atoms with van der Waals surface area (Å²) in [5.41, 5.74) is 0.591. The van der Waals surface area contributed by atoms with Crippen molar-refractivity contribution in [1.82, 2.24) is 19.5 Å². The van der Waals surface area contributed by atoms with E-state index < -0.39 is 10.0 Å². The summed E-state index contributed by atoms with van der Waals surface area (Å²) < 4.78 is 25.8. The van der Waals surface area contributed by atoms with Crippen LogP contribution in [0.25, 0.3) is 0 Å². The third-order valence-corrected chi connectivity index (χ3v) is 6.22. The second-order valence-corrected chi connectivity index (χ2v) is 8.32. The number of carbonyl (C=O) groups is 1. The highest BCUT2D eigenvalue weighted by molar-refractivity contribution is 7.89. The van der Waals surface area contributed by atoms with Gasteiger partial charge in [-0.05, 0) is 26.0 Å². The minimum absolute atomic E-state index is 0.117. The lowest BCUT2D eigenvalue weighted by atomic mass is 10.2. The first kappa shape index (κ1) is 17.8. The minimum Gasteiger partial charge on any atom is -0.351 e. The van der Waals surface area contributed by atoms with Crippen LogP contribution in [-0.4, -0.2) is 73.0 Å². The average molecular weight is 340 g/mol. The van der Waals surface area contributed by atoms with Crippen molar-refractivity contribution in [1.29, 1.82) is 0 Å². The van der Waals surface area contributed by atoms with E-state index >= 15 is 0 Å².